The standard InChI is InChI=1S/C13H12ClN3O4S2/c1-8-7-11(13(22-8)23(2,20)21)12(14)16-15-9-3-5-10(6-4-9)17(18)19/h3-7,15H,1-2H3/b16-12-. The van der Waals surface area contributed by atoms with E-state index in [2.05, 4.69) is 10.5 Å². The van der Waals surface area contributed by atoms with E-state index in [0.717, 1.165) is 22.5 Å². The second-order valence-electron chi connectivity index (χ2n) is 4.65. The zero-order valence-electron chi connectivity index (χ0n) is 12.1. The maximum atomic E-state index is 11.8. The van der Waals surface area contributed by atoms with Crippen LogP contribution in [0.4, 0.5) is 11.4 Å². The zero-order chi connectivity index (χ0) is 17.2. The predicted octanol–water partition coefficient (Wildman–Crippen LogP) is 3.38. The van der Waals surface area contributed by atoms with Gasteiger partial charge in [0.15, 0.2) is 15.0 Å². The second-order valence-corrected chi connectivity index (χ2v) is 8.47. The highest BCUT2D eigenvalue weighted by atomic mass is 35.5. The third kappa shape index (κ3) is 4.27. The molecule has 122 valence electrons. The van der Waals surface area contributed by atoms with E-state index in [9.17, 15) is 18.5 Å². The highest BCUT2D eigenvalue weighted by Gasteiger charge is 2.20. The van der Waals surface area contributed by atoms with Gasteiger partial charge in [-0.05, 0) is 25.1 Å². The number of nitro groups is 1. The van der Waals surface area contributed by atoms with Crippen molar-refractivity contribution in [1.29, 1.82) is 0 Å². The number of nitrogens with one attached hydrogen (secondary N) is 1. The number of hydrogen-bond acceptors (Lipinski definition) is 7. The third-order valence-corrected chi connectivity index (χ3v) is 5.93. The van der Waals surface area contributed by atoms with Crippen molar-refractivity contribution in [2.24, 2.45) is 5.10 Å². The number of benzene rings is 1. The zero-order valence-corrected chi connectivity index (χ0v) is 14.5. The van der Waals surface area contributed by atoms with E-state index in [1.807, 2.05) is 0 Å². The molecular weight excluding hydrogens is 362 g/mol. The van der Waals surface area contributed by atoms with Crippen LogP contribution in [0.3, 0.4) is 0 Å². The number of hydrogen-bond donors (Lipinski definition) is 1. The molecule has 0 aliphatic carbocycles. The lowest BCUT2D eigenvalue weighted by molar-refractivity contribution is -0.384. The maximum absolute atomic E-state index is 11.8. The summed E-state index contributed by atoms with van der Waals surface area (Å²) in [5, 5.41) is 14.5. The van der Waals surface area contributed by atoms with Crippen molar-refractivity contribution in [3.8, 4) is 0 Å². The molecule has 7 nitrogen and oxygen atoms in total. The summed E-state index contributed by atoms with van der Waals surface area (Å²) in [7, 11) is -3.41. The van der Waals surface area contributed by atoms with Gasteiger partial charge < -0.3 is 0 Å². The Morgan fingerprint density at radius 2 is 1.96 bits per heavy atom. The molecule has 0 bridgehead atoms. The van der Waals surface area contributed by atoms with Gasteiger partial charge in [0.2, 0.25) is 0 Å². The van der Waals surface area contributed by atoms with Crippen molar-refractivity contribution < 1.29 is 13.3 Å². The largest absolute Gasteiger partial charge is 0.277 e. The van der Waals surface area contributed by atoms with Crippen LogP contribution in [0.15, 0.2) is 39.6 Å². The van der Waals surface area contributed by atoms with Crippen molar-refractivity contribution in [2.45, 2.75) is 11.1 Å². The summed E-state index contributed by atoms with van der Waals surface area (Å²) in [5.74, 6) is 0. The fourth-order valence-corrected chi connectivity index (χ4v) is 4.34. The number of anilines is 1. The highest BCUT2D eigenvalue weighted by molar-refractivity contribution is 7.92. The molecule has 23 heavy (non-hydrogen) atoms. The first-order valence-corrected chi connectivity index (χ1v) is 9.31. The molecule has 1 N–H and O–H groups in total. The Kier molecular flexibility index (Phi) is 5.03. The second kappa shape index (κ2) is 6.65. The molecule has 0 aliphatic rings. The van der Waals surface area contributed by atoms with Crippen molar-refractivity contribution in [3.63, 3.8) is 0 Å². The van der Waals surface area contributed by atoms with E-state index in [-0.39, 0.29) is 15.1 Å². The monoisotopic (exact) mass is 373 g/mol. The Hall–Kier alpha value is -1.97. The summed E-state index contributed by atoms with van der Waals surface area (Å²) in [4.78, 5) is 10.9. The van der Waals surface area contributed by atoms with Crippen LogP contribution < -0.4 is 5.43 Å². The summed E-state index contributed by atoms with van der Waals surface area (Å²) < 4.78 is 23.7. The van der Waals surface area contributed by atoms with Gasteiger partial charge in [-0.3, -0.25) is 15.5 Å². The smallest absolute Gasteiger partial charge is 0.269 e. The van der Waals surface area contributed by atoms with Crippen molar-refractivity contribution in [1.82, 2.24) is 0 Å². The maximum Gasteiger partial charge on any atom is 0.269 e. The molecule has 0 amide bonds. The van der Waals surface area contributed by atoms with E-state index in [1.165, 1.54) is 24.3 Å². The highest BCUT2D eigenvalue weighted by Crippen LogP contribution is 2.28. The number of rotatable bonds is 5. The van der Waals surface area contributed by atoms with Crippen LogP contribution >= 0.6 is 22.9 Å². The molecule has 10 heteroatoms. The van der Waals surface area contributed by atoms with Gasteiger partial charge in [-0.15, -0.1) is 11.3 Å². The Balaban J connectivity index is 2.25. The van der Waals surface area contributed by atoms with Gasteiger partial charge in [0.05, 0.1) is 10.6 Å². The Morgan fingerprint density at radius 3 is 2.48 bits per heavy atom. The first-order chi connectivity index (χ1) is 10.7. The van der Waals surface area contributed by atoms with Crippen LogP contribution in [0.25, 0.3) is 0 Å². The van der Waals surface area contributed by atoms with Gasteiger partial charge in [-0.1, -0.05) is 11.6 Å². The van der Waals surface area contributed by atoms with Gasteiger partial charge >= 0.3 is 0 Å². The molecular formula is C13H12ClN3O4S2. The number of sulfone groups is 1. The Labute approximate surface area is 141 Å². The molecule has 0 aliphatic heterocycles. The average molecular weight is 374 g/mol. The van der Waals surface area contributed by atoms with Gasteiger partial charge in [-0.2, -0.15) is 5.10 Å². The molecule has 0 saturated carbocycles. The molecule has 0 atom stereocenters. The number of halogens is 1. The lowest BCUT2D eigenvalue weighted by Crippen LogP contribution is -2.03. The van der Waals surface area contributed by atoms with Crippen LogP contribution in [-0.4, -0.2) is 24.8 Å². The van der Waals surface area contributed by atoms with E-state index >= 15 is 0 Å². The Morgan fingerprint density at radius 1 is 1.35 bits per heavy atom. The molecule has 1 heterocycles. The van der Waals surface area contributed by atoms with Gasteiger partial charge in [0, 0.05) is 28.8 Å². The Bertz CT molecular complexity index is 873. The van der Waals surface area contributed by atoms with Crippen LogP contribution in [0.2, 0.25) is 0 Å². The first-order valence-electron chi connectivity index (χ1n) is 6.23. The van der Waals surface area contributed by atoms with Gasteiger partial charge in [0.25, 0.3) is 5.69 Å². The van der Waals surface area contributed by atoms with Gasteiger partial charge in [0.1, 0.15) is 4.21 Å². The lowest BCUT2D eigenvalue weighted by atomic mass is 10.3. The molecule has 0 radical (unpaired) electrons. The first kappa shape index (κ1) is 17.4. The van der Waals surface area contributed by atoms with E-state index in [0.29, 0.717) is 11.3 Å². The number of hydrazone groups is 1. The van der Waals surface area contributed by atoms with Crippen molar-refractivity contribution in [2.75, 3.05) is 11.7 Å². The normalized spacial score (nSPS) is 12.2. The summed E-state index contributed by atoms with van der Waals surface area (Å²) in [6.07, 6.45) is 1.11. The topological polar surface area (TPSA) is 102 Å². The quantitative estimate of drug-likeness (QED) is 0.491. The minimum absolute atomic E-state index is 0.00636. The molecule has 1 aromatic heterocycles. The van der Waals surface area contributed by atoms with Crippen LogP contribution in [-0.2, 0) is 9.84 Å². The minimum Gasteiger partial charge on any atom is -0.277 e. The molecule has 2 rings (SSSR count). The number of nitrogens with zero attached hydrogens (tertiary/aromatic N) is 2. The van der Waals surface area contributed by atoms with E-state index < -0.39 is 14.8 Å². The molecule has 1 aromatic carbocycles. The van der Waals surface area contributed by atoms with Gasteiger partial charge in [-0.25, -0.2) is 8.42 Å². The van der Waals surface area contributed by atoms with Crippen LogP contribution in [0.1, 0.15) is 10.4 Å². The average Bonchev–Trinajstić information content (AvgIpc) is 2.87. The lowest BCUT2D eigenvalue weighted by Gasteiger charge is -2.02. The van der Waals surface area contributed by atoms with Crippen LogP contribution in [0, 0.1) is 17.0 Å². The predicted molar refractivity (Wildman–Crippen MR) is 91.3 cm³/mol. The SMILES string of the molecule is Cc1cc(/C(Cl)=N/Nc2ccc([N+](=O)[O-])cc2)c(S(C)(=O)=O)s1. The van der Waals surface area contributed by atoms with Crippen molar-refractivity contribution >= 4 is 49.3 Å². The summed E-state index contributed by atoms with van der Waals surface area (Å²) >= 11 is 7.20. The fraction of sp³-hybridized carbons (Fsp3) is 0.154. The molecule has 0 saturated heterocycles. The summed E-state index contributed by atoms with van der Waals surface area (Å²) in [6, 6.07) is 7.24. The summed E-state index contributed by atoms with van der Waals surface area (Å²) in [6.45, 7) is 1.77. The number of aryl methyl sites for hydroxylation is 1. The molecule has 0 fully saturated rings. The van der Waals surface area contributed by atoms with Crippen molar-refractivity contribution in [3.05, 3.63) is 50.9 Å². The number of non-ortho nitro benzene ring substituents is 1. The number of thiophene rings is 1. The minimum atomic E-state index is -3.41. The summed E-state index contributed by atoms with van der Waals surface area (Å²) in [5.41, 5.74) is 3.41. The van der Waals surface area contributed by atoms with E-state index in [1.54, 1.807) is 13.0 Å². The molecule has 0 unspecified atom stereocenters. The van der Waals surface area contributed by atoms with Crippen LogP contribution in [0.5, 0.6) is 0 Å². The third-order valence-electron chi connectivity index (χ3n) is 2.74. The van der Waals surface area contributed by atoms with E-state index in [4.69, 9.17) is 11.6 Å². The molecule has 0 spiro atoms. The molecule has 2 aromatic rings. The number of nitro benzene ring substituents is 1. The fourth-order valence-electron chi connectivity index (χ4n) is 1.74.